The Labute approximate surface area is 89.2 Å². The fraction of sp³-hybridized carbons (Fsp3) is 0.545. The average molecular weight is 212 g/mol. The maximum Gasteiger partial charge on any atom is 0.374 e. The van der Waals surface area contributed by atoms with E-state index in [9.17, 15) is 9.90 Å². The molecule has 4 heteroatoms. The third-order valence-corrected chi connectivity index (χ3v) is 2.01. The van der Waals surface area contributed by atoms with Crippen LogP contribution < -0.4 is 0 Å². The summed E-state index contributed by atoms with van der Waals surface area (Å²) in [5.41, 5.74) is 0. The minimum atomic E-state index is -0.816. The SMILES string of the molecule is COC1=CC(C(O)/C=C/C(C)C)OC1=O. The predicted molar refractivity (Wildman–Crippen MR) is 55.0 cm³/mol. The Morgan fingerprint density at radius 1 is 1.53 bits per heavy atom. The van der Waals surface area contributed by atoms with Crippen LogP contribution in [-0.2, 0) is 14.3 Å². The molecular weight excluding hydrogens is 196 g/mol. The number of carbonyl (C=O) groups excluding carboxylic acids is 1. The van der Waals surface area contributed by atoms with Crippen LogP contribution in [0.25, 0.3) is 0 Å². The van der Waals surface area contributed by atoms with Crippen LogP contribution in [0.3, 0.4) is 0 Å². The van der Waals surface area contributed by atoms with Crippen molar-refractivity contribution in [2.75, 3.05) is 7.11 Å². The Morgan fingerprint density at radius 3 is 2.67 bits per heavy atom. The summed E-state index contributed by atoms with van der Waals surface area (Å²) in [6.07, 6.45) is 3.51. The lowest BCUT2D eigenvalue weighted by Gasteiger charge is -2.11. The summed E-state index contributed by atoms with van der Waals surface area (Å²) >= 11 is 0. The van der Waals surface area contributed by atoms with Crippen LogP contribution in [0.4, 0.5) is 0 Å². The van der Waals surface area contributed by atoms with E-state index in [1.807, 2.05) is 19.9 Å². The van der Waals surface area contributed by atoms with Crippen LogP contribution in [0.1, 0.15) is 13.8 Å². The molecule has 2 unspecified atom stereocenters. The van der Waals surface area contributed by atoms with E-state index in [1.54, 1.807) is 6.08 Å². The Kier molecular flexibility index (Phi) is 3.91. The van der Waals surface area contributed by atoms with Gasteiger partial charge in [0.25, 0.3) is 0 Å². The molecule has 0 aromatic carbocycles. The molecule has 0 saturated carbocycles. The molecule has 0 amide bonds. The highest BCUT2D eigenvalue weighted by Gasteiger charge is 2.30. The molecule has 0 fully saturated rings. The number of methoxy groups -OCH3 is 1. The van der Waals surface area contributed by atoms with Gasteiger partial charge in [-0.2, -0.15) is 0 Å². The fourth-order valence-corrected chi connectivity index (χ4v) is 1.20. The van der Waals surface area contributed by atoms with E-state index >= 15 is 0 Å². The summed E-state index contributed by atoms with van der Waals surface area (Å²) in [6, 6.07) is 0. The van der Waals surface area contributed by atoms with Crippen molar-refractivity contribution in [2.45, 2.75) is 26.1 Å². The molecule has 0 spiro atoms. The molecule has 1 aliphatic rings. The predicted octanol–water partition coefficient (Wildman–Crippen LogP) is 1.02. The molecule has 0 aromatic rings. The summed E-state index contributed by atoms with van der Waals surface area (Å²) in [7, 11) is 1.39. The van der Waals surface area contributed by atoms with Crippen molar-refractivity contribution in [3.8, 4) is 0 Å². The number of aliphatic hydroxyl groups is 1. The molecule has 2 atom stereocenters. The number of esters is 1. The molecule has 15 heavy (non-hydrogen) atoms. The van der Waals surface area contributed by atoms with Gasteiger partial charge in [0.05, 0.1) is 7.11 Å². The summed E-state index contributed by atoms with van der Waals surface area (Å²) in [5, 5.41) is 9.66. The van der Waals surface area contributed by atoms with Crippen LogP contribution in [0, 0.1) is 5.92 Å². The van der Waals surface area contributed by atoms with E-state index in [2.05, 4.69) is 0 Å². The lowest BCUT2D eigenvalue weighted by molar-refractivity contribution is -0.145. The number of cyclic esters (lactones) is 1. The van der Waals surface area contributed by atoms with Crippen molar-refractivity contribution in [3.63, 3.8) is 0 Å². The van der Waals surface area contributed by atoms with Crippen molar-refractivity contribution in [1.29, 1.82) is 0 Å². The van der Waals surface area contributed by atoms with E-state index in [4.69, 9.17) is 9.47 Å². The Balaban J connectivity index is 2.60. The van der Waals surface area contributed by atoms with Gasteiger partial charge in [-0.15, -0.1) is 0 Å². The van der Waals surface area contributed by atoms with Gasteiger partial charge in [-0.1, -0.05) is 26.0 Å². The molecule has 1 N–H and O–H groups in total. The first-order valence-corrected chi connectivity index (χ1v) is 4.87. The van der Waals surface area contributed by atoms with Gasteiger partial charge in [0.15, 0.2) is 6.10 Å². The fourth-order valence-electron chi connectivity index (χ4n) is 1.20. The standard InChI is InChI=1S/C11H16O4/c1-7(2)4-5-8(12)9-6-10(14-3)11(13)15-9/h4-9,12H,1-3H3/b5-4+. The van der Waals surface area contributed by atoms with Crippen LogP contribution in [0.2, 0.25) is 0 Å². The molecule has 1 heterocycles. The van der Waals surface area contributed by atoms with Gasteiger partial charge in [0, 0.05) is 6.08 Å². The molecule has 4 nitrogen and oxygen atoms in total. The molecule has 0 aliphatic carbocycles. The van der Waals surface area contributed by atoms with Crippen molar-refractivity contribution in [1.82, 2.24) is 0 Å². The first-order valence-electron chi connectivity index (χ1n) is 4.87. The average Bonchev–Trinajstić information content (AvgIpc) is 2.56. The van der Waals surface area contributed by atoms with Crippen molar-refractivity contribution >= 4 is 5.97 Å². The molecular formula is C11H16O4. The molecule has 84 valence electrons. The smallest absolute Gasteiger partial charge is 0.374 e. The quantitative estimate of drug-likeness (QED) is 0.558. The van der Waals surface area contributed by atoms with Gasteiger partial charge in [-0.05, 0) is 5.92 Å². The largest absolute Gasteiger partial charge is 0.490 e. The molecule has 0 aromatic heterocycles. The maximum absolute atomic E-state index is 11.1. The van der Waals surface area contributed by atoms with Gasteiger partial charge in [-0.3, -0.25) is 0 Å². The van der Waals surface area contributed by atoms with Crippen LogP contribution >= 0.6 is 0 Å². The minimum Gasteiger partial charge on any atom is -0.490 e. The Bertz CT molecular complexity index is 291. The van der Waals surface area contributed by atoms with E-state index in [-0.39, 0.29) is 5.76 Å². The highest BCUT2D eigenvalue weighted by atomic mass is 16.6. The van der Waals surface area contributed by atoms with E-state index in [0.717, 1.165) is 0 Å². The van der Waals surface area contributed by atoms with Gasteiger partial charge >= 0.3 is 5.97 Å². The monoisotopic (exact) mass is 212 g/mol. The second-order valence-corrected chi connectivity index (χ2v) is 3.72. The van der Waals surface area contributed by atoms with E-state index < -0.39 is 18.2 Å². The first kappa shape index (κ1) is 11.8. The van der Waals surface area contributed by atoms with Crippen LogP contribution in [0.5, 0.6) is 0 Å². The van der Waals surface area contributed by atoms with Gasteiger partial charge in [-0.25, -0.2) is 4.79 Å². The highest BCUT2D eigenvalue weighted by molar-refractivity contribution is 5.88. The third kappa shape index (κ3) is 3.09. The van der Waals surface area contributed by atoms with Crippen molar-refractivity contribution in [3.05, 3.63) is 24.0 Å². The van der Waals surface area contributed by atoms with Crippen molar-refractivity contribution in [2.24, 2.45) is 5.92 Å². The zero-order valence-electron chi connectivity index (χ0n) is 9.14. The molecule has 0 saturated heterocycles. The number of aliphatic hydroxyl groups excluding tert-OH is 1. The van der Waals surface area contributed by atoms with Gasteiger partial charge < -0.3 is 14.6 Å². The summed E-state index contributed by atoms with van der Waals surface area (Å²) < 4.78 is 9.68. The van der Waals surface area contributed by atoms with E-state index in [1.165, 1.54) is 13.2 Å². The molecule has 1 rings (SSSR count). The lowest BCUT2D eigenvalue weighted by Crippen LogP contribution is -2.23. The topological polar surface area (TPSA) is 55.8 Å². The highest BCUT2D eigenvalue weighted by Crippen LogP contribution is 2.17. The zero-order valence-corrected chi connectivity index (χ0v) is 9.14. The lowest BCUT2D eigenvalue weighted by atomic mass is 10.1. The normalized spacial score (nSPS) is 23.1. The van der Waals surface area contributed by atoms with Crippen LogP contribution in [0.15, 0.2) is 24.0 Å². The number of allylic oxidation sites excluding steroid dienone is 1. The first-order chi connectivity index (χ1) is 7.04. The van der Waals surface area contributed by atoms with Crippen molar-refractivity contribution < 1.29 is 19.4 Å². The summed E-state index contributed by atoms with van der Waals surface area (Å²) in [5.74, 6) is -0.0286. The van der Waals surface area contributed by atoms with Gasteiger partial charge in [0.1, 0.15) is 6.10 Å². The maximum atomic E-state index is 11.1. The number of carbonyl (C=O) groups is 1. The molecule has 0 radical (unpaired) electrons. The number of ether oxygens (including phenoxy) is 2. The number of hydrogen-bond donors (Lipinski definition) is 1. The summed E-state index contributed by atoms with van der Waals surface area (Å²) in [4.78, 5) is 11.1. The van der Waals surface area contributed by atoms with Crippen LogP contribution in [-0.4, -0.2) is 30.4 Å². The number of hydrogen-bond acceptors (Lipinski definition) is 4. The second-order valence-electron chi connectivity index (χ2n) is 3.72. The van der Waals surface area contributed by atoms with E-state index in [0.29, 0.717) is 5.92 Å². The molecule has 0 bridgehead atoms. The third-order valence-electron chi connectivity index (χ3n) is 2.01. The summed E-state index contributed by atoms with van der Waals surface area (Å²) in [6.45, 7) is 4.00. The van der Waals surface area contributed by atoms with Gasteiger partial charge in [0.2, 0.25) is 5.76 Å². The number of rotatable bonds is 4. The zero-order chi connectivity index (χ0) is 11.4. The molecule has 1 aliphatic heterocycles. The minimum absolute atomic E-state index is 0.150. The Hall–Kier alpha value is -1.29. The Morgan fingerprint density at radius 2 is 2.20 bits per heavy atom. The second kappa shape index (κ2) is 4.98.